The third kappa shape index (κ3) is 2.24. The molecule has 0 saturated heterocycles. The van der Waals surface area contributed by atoms with Crippen molar-refractivity contribution in [3.8, 4) is 0 Å². The molecule has 0 atom stereocenters. The molecular weight excluding hydrogens is 306 g/mol. The molecule has 0 unspecified atom stereocenters. The molecule has 0 N–H and O–H groups in total. The Morgan fingerprint density at radius 2 is 2.11 bits per heavy atom. The normalized spacial score (nSPS) is 18.2. The molecule has 3 rings (SSSR count). The van der Waals surface area contributed by atoms with Crippen LogP contribution >= 0.6 is 15.9 Å². The highest BCUT2D eigenvalue weighted by molar-refractivity contribution is 9.09. The zero-order valence-corrected chi connectivity index (χ0v) is 12.7. The molecule has 1 saturated carbocycles. The van der Waals surface area contributed by atoms with Crippen LogP contribution in [0.2, 0.25) is 0 Å². The highest BCUT2D eigenvalue weighted by Crippen LogP contribution is 2.40. The lowest BCUT2D eigenvalue weighted by molar-refractivity contribution is 0.288. The highest BCUT2D eigenvalue weighted by Gasteiger charge is 2.33. The molecule has 0 bridgehead atoms. The predicted octanol–water partition coefficient (Wildman–Crippen LogP) is 2.76. The Morgan fingerprint density at radius 1 is 1.37 bits per heavy atom. The first-order chi connectivity index (χ1) is 9.13. The molecule has 102 valence electrons. The van der Waals surface area contributed by atoms with E-state index >= 15 is 0 Å². The molecule has 2 heterocycles. The second-order valence-corrected chi connectivity index (χ2v) is 6.25. The Balaban J connectivity index is 2.01. The van der Waals surface area contributed by atoms with Crippen LogP contribution in [0.5, 0.6) is 0 Å². The van der Waals surface area contributed by atoms with E-state index in [-0.39, 0.29) is 11.0 Å². The standard InChI is InChI=1S/C14H18BrN3O/c1-11-8-12-13(19)17(6-7-18(12)16-11)10-14(9-15)4-2-3-5-14/h6-8H,2-5,9-10H2,1H3. The summed E-state index contributed by atoms with van der Waals surface area (Å²) in [4.78, 5) is 12.5. The third-order valence-corrected chi connectivity index (χ3v) is 5.37. The molecular formula is C14H18BrN3O. The lowest BCUT2D eigenvalue weighted by Gasteiger charge is -2.27. The summed E-state index contributed by atoms with van der Waals surface area (Å²) in [5.41, 5.74) is 1.86. The summed E-state index contributed by atoms with van der Waals surface area (Å²) in [6, 6.07) is 1.86. The molecule has 0 aromatic carbocycles. The average molecular weight is 324 g/mol. The topological polar surface area (TPSA) is 39.3 Å². The average Bonchev–Trinajstić information content (AvgIpc) is 3.00. The highest BCUT2D eigenvalue weighted by atomic mass is 79.9. The van der Waals surface area contributed by atoms with Gasteiger partial charge >= 0.3 is 0 Å². The summed E-state index contributed by atoms with van der Waals surface area (Å²) in [5, 5.41) is 5.25. The number of hydrogen-bond donors (Lipinski definition) is 0. The summed E-state index contributed by atoms with van der Waals surface area (Å²) in [7, 11) is 0. The van der Waals surface area contributed by atoms with Gasteiger partial charge in [0.15, 0.2) is 0 Å². The maximum Gasteiger partial charge on any atom is 0.276 e. The minimum atomic E-state index is 0.0651. The van der Waals surface area contributed by atoms with E-state index in [0.29, 0.717) is 5.52 Å². The maximum absolute atomic E-state index is 12.5. The summed E-state index contributed by atoms with van der Waals surface area (Å²) in [5.74, 6) is 0. The van der Waals surface area contributed by atoms with Crippen molar-refractivity contribution in [2.24, 2.45) is 5.41 Å². The second kappa shape index (κ2) is 4.78. The van der Waals surface area contributed by atoms with Crippen molar-refractivity contribution < 1.29 is 0 Å². The second-order valence-electron chi connectivity index (χ2n) is 5.69. The van der Waals surface area contributed by atoms with Gasteiger partial charge in [-0.1, -0.05) is 28.8 Å². The van der Waals surface area contributed by atoms with Crippen molar-refractivity contribution in [1.29, 1.82) is 0 Å². The van der Waals surface area contributed by atoms with Gasteiger partial charge in [0.05, 0.1) is 5.69 Å². The molecule has 0 radical (unpaired) electrons. The van der Waals surface area contributed by atoms with Crippen LogP contribution in [0.15, 0.2) is 23.3 Å². The van der Waals surface area contributed by atoms with Gasteiger partial charge in [-0.25, -0.2) is 4.52 Å². The number of aromatic nitrogens is 3. The van der Waals surface area contributed by atoms with E-state index < -0.39 is 0 Å². The van der Waals surface area contributed by atoms with Crippen LogP contribution in [0.25, 0.3) is 5.52 Å². The fraction of sp³-hybridized carbons (Fsp3) is 0.571. The van der Waals surface area contributed by atoms with Gasteiger partial charge in [-0.15, -0.1) is 0 Å². The van der Waals surface area contributed by atoms with E-state index in [4.69, 9.17) is 0 Å². The minimum Gasteiger partial charge on any atom is -0.312 e. The quantitative estimate of drug-likeness (QED) is 0.815. The van der Waals surface area contributed by atoms with Crippen LogP contribution in [-0.2, 0) is 6.54 Å². The van der Waals surface area contributed by atoms with Crippen LogP contribution in [0.1, 0.15) is 31.4 Å². The van der Waals surface area contributed by atoms with Crippen molar-refractivity contribution in [2.45, 2.75) is 39.2 Å². The van der Waals surface area contributed by atoms with Gasteiger partial charge in [0, 0.05) is 24.3 Å². The van der Waals surface area contributed by atoms with Crippen molar-refractivity contribution >= 4 is 21.4 Å². The summed E-state index contributed by atoms with van der Waals surface area (Å²) in [6.45, 7) is 2.71. The van der Waals surface area contributed by atoms with Crippen LogP contribution in [0.4, 0.5) is 0 Å². The Hall–Kier alpha value is -1.10. The van der Waals surface area contributed by atoms with Crippen LogP contribution in [0.3, 0.4) is 0 Å². The van der Waals surface area contributed by atoms with Crippen LogP contribution in [-0.4, -0.2) is 19.5 Å². The van der Waals surface area contributed by atoms with Gasteiger partial charge in [0.25, 0.3) is 5.56 Å². The van der Waals surface area contributed by atoms with Crippen LogP contribution < -0.4 is 5.56 Å². The Morgan fingerprint density at radius 3 is 2.79 bits per heavy atom. The molecule has 0 aliphatic heterocycles. The first-order valence-electron chi connectivity index (χ1n) is 6.75. The fourth-order valence-electron chi connectivity index (χ4n) is 3.09. The van der Waals surface area contributed by atoms with E-state index in [1.807, 2.05) is 30.0 Å². The molecule has 1 aliphatic rings. The number of rotatable bonds is 3. The number of nitrogens with zero attached hydrogens (tertiary/aromatic N) is 3. The summed E-state index contributed by atoms with van der Waals surface area (Å²) < 4.78 is 3.52. The molecule has 19 heavy (non-hydrogen) atoms. The number of fused-ring (bicyclic) bond motifs is 1. The molecule has 2 aromatic heterocycles. The van der Waals surface area contributed by atoms with Crippen molar-refractivity contribution in [3.63, 3.8) is 0 Å². The Kier molecular flexibility index (Phi) is 3.25. The van der Waals surface area contributed by atoms with E-state index in [9.17, 15) is 4.79 Å². The lowest BCUT2D eigenvalue weighted by atomic mass is 9.89. The Bertz CT molecular complexity index is 652. The Labute approximate surface area is 120 Å². The van der Waals surface area contributed by atoms with E-state index in [0.717, 1.165) is 17.6 Å². The molecule has 1 fully saturated rings. The number of halogens is 1. The molecule has 5 heteroatoms. The van der Waals surface area contributed by atoms with Gasteiger partial charge in [0.1, 0.15) is 5.52 Å². The van der Waals surface area contributed by atoms with Gasteiger partial charge in [-0.2, -0.15) is 5.10 Å². The van der Waals surface area contributed by atoms with E-state index in [2.05, 4.69) is 21.0 Å². The first kappa shape index (κ1) is 12.9. The summed E-state index contributed by atoms with van der Waals surface area (Å²) in [6.07, 6.45) is 8.69. The van der Waals surface area contributed by atoms with Crippen molar-refractivity contribution in [2.75, 3.05) is 5.33 Å². The molecule has 4 nitrogen and oxygen atoms in total. The van der Waals surface area contributed by atoms with Gasteiger partial charge in [0.2, 0.25) is 0 Å². The zero-order chi connectivity index (χ0) is 13.5. The minimum absolute atomic E-state index is 0.0651. The van der Waals surface area contributed by atoms with Crippen molar-refractivity contribution in [3.05, 3.63) is 34.5 Å². The number of alkyl halides is 1. The van der Waals surface area contributed by atoms with Gasteiger partial charge in [-0.05, 0) is 31.2 Å². The monoisotopic (exact) mass is 323 g/mol. The SMILES string of the molecule is Cc1cc2c(=O)n(CC3(CBr)CCCC3)ccn2n1. The largest absolute Gasteiger partial charge is 0.312 e. The van der Waals surface area contributed by atoms with Gasteiger partial charge in [-0.3, -0.25) is 4.79 Å². The van der Waals surface area contributed by atoms with Crippen molar-refractivity contribution in [1.82, 2.24) is 14.2 Å². The first-order valence-corrected chi connectivity index (χ1v) is 7.87. The lowest BCUT2D eigenvalue weighted by Crippen LogP contribution is -2.32. The fourth-order valence-corrected chi connectivity index (χ4v) is 3.83. The molecule has 0 spiro atoms. The molecule has 2 aromatic rings. The van der Waals surface area contributed by atoms with E-state index in [1.54, 1.807) is 4.52 Å². The molecule has 1 aliphatic carbocycles. The van der Waals surface area contributed by atoms with E-state index in [1.165, 1.54) is 25.7 Å². The number of hydrogen-bond acceptors (Lipinski definition) is 2. The molecule has 0 amide bonds. The smallest absolute Gasteiger partial charge is 0.276 e. The zero-order valence-electron chi connectivity index (χ0n) is 11.1. The van der Waals surface area contributed by atoms with Gasteiger partial charge < -0.3 is 4.57 Å². The number of aryl methyl sites for hydroxylation is 1. The summed E-state index contributed by atoms with van der Waals surface area (Å²) >= 11 is 3.64. The maximum atomic E-state index is 12.5. The van der Waals surface area contributed by atoms with Crippen LogP contribution in [0, 0.1) is 12.3 Å². The third-order valence-electron chi connectivity index (χ3n) is 4.18. The predicted molar refractivity (Wildman–Crippen MR) is 78.9 cm³/mol.